The number of rotatable bonds is 4. The van der Waals surface area contributed by atoms with Crippen molar-refractivity contribution in [1.29, 1.82) is 0 Å². The zero-order valence-corrected chi connectivity index (χ0v) is 10.5. The third-order valence-electron chi connectivity index (χ3n) is 4.05. The number of likely N-dealkylation sites (tertiary alicyclic amines) is 1. The van der Waals surface area contributed by atoms with E-state index in [4.69, 9.17) is 5.11 Å². The lowest BCUT2D eigenvalue weighted by Gasteiger charge is -2.30. The van der Waals surface area contributed by atoms with Crippen LogP contribution in [0.5, 0.6) is 0 Å². The number of carbonyl (C=O) groups is 1. The minimum Gasteiger partial charge on any atom is -0.396 e. The van der Waals surface area contributed by atoms with Crippen LogP contribution in [0.2, 0.25) is 0 Å². The van der Waals surface area contributed by atoms with Crippen molar-refractivity contribution in [3.63, 3.8) is 0 Å². The summed E-state index contributed by atoms with van der Waals surface area (Å²) in [6, 6.07) is 0.428. The van der Waals surface area contributed by atoms with Gasteiger partial charge in [0.1, 0.15) is 0 Å². The van der Waals surface area contributed by atoms with E-state index in [-0.39, 0.29) is 5.91 Å². The Morgan fingerprint density at radius 1 is 1.18 bits per heavy atom. The Labute approximate surface area is 103 Å². The van der Waals surface area contributed by atoms with Crippen molar-refractivity contribution in [2.24, 2.45) is 5.92 Å². The predicted molar refractivity (Wildman–Crippen MR) is 66.6 cm³/mol. The van der Waals surface area contributed by atoms with Crippen molar-refractivity contribution in [2.45, 2.75) is 44.6 Å². The van der Waals surface area contributed by atoms with E-state index in [1.54, 1.807) is 0 Å². The minimum atomic E-state index is 0.180. The van der Waals surface area contributed by atoms with Gasteiger partial charge in [-0.05, 0) is 44.7 Å². The summed E-state index contributed by atoms with van der Waals surface area (Å²) in [7, 11) is 0. The lowest BCUT2D eigenvalue weighted by molar-refractivity contribution is -0.123. The van der Waals surface area contributed by atoms with Gasteiger partial charge in [-0.2, -0.15) is 0 Å². The summed E-state index contributed by atoms with van der Waals surface area (Å²) >= 11 is 0. The Kier molecular flexibility index (Phi) is 4.80. The molecular weight excluding hydrogens is 216 g/mol. The van der Waals surface area contributed by atoms with E-state index < -0.39 is 0 Å². The molecule has 0 spiro atoms. The van der Waals surface area contributed by atoms with Gasteiger partial charge in [0.15, 0.2) is 0 Å². The molecule has 1 heterocycles. The summed E-state index contributed by atoms with van der Waals surface area (Å²) in [5.74, 6) is 0.628. The lowest BCUT2D eigenvalue weighted by Crippen LogP contribution is -2.44. The first-order valence-corrected chi connectivity index (χ1v) is 6.90. The van der Waals surface area contributed by atoms with Crippen molar-refractivity contribution in [2.75, 3.05) is 26.2 Å². The maximum Gasteiger partial charge on any atom is 0.234 e. The number of hydrogen-bond donors (Lipinski definition) is 2. The molecule has 1 saturated carbocycles. The number of aliphatic hydroxyl groups is 1. The highest BCUT2D eigenvalue weighted by molar-refractivity contribution is 5.78. The molecule has 1 amide bonds. The number of piperidine rings is 1. The van der Waals surface area contributed by atoms with Crippen molar-refractivity contribution < 1.29 is 9.90 Å². The molecule has 1 aliphatic heterocycles. The molecule has 1 saturated heterocycles. The van der Waals surface area contributed by atoms with Crippen LogP contribution in [0.3, 0.4) is 0 Å². The van der Waals surface area contributed by atoms with Gasteiger partial charge < -0.3 is 10.4 Å². The Morgan fingerprint density at radius 3 is 2.41 bits per heavy atom. The van der Waals surface area contributed by atoms with Gasteiger partial charge in [0.25, 0.3) is 0 Å². The van der Waals surface area contributed by atoms with Crippen molar-refractivity contribution >= 4 is 5.91 Å². The van der Waals surface area contributed by atoms with E-state index in [0.29, 0.717) is 25.1 Å². The van der Waals surface area contributed by atoms with E-state index in [1.807, 2.05) is 0 Å². The average molecular weight is 240 g/mol. The Balaban J connectivity index is 1.65. The van der Waals surface area contributed by atoms with Crippen LogP contribution >= 0.6 is 0 Å². The van der Waals surface area contributed by atoms with Gasteiger partial charge in [-0.1, -0.05) is 12.8 Å². The fourth-order valence-electron chi connectivity index (χ4n) is 2.87. The van der Waals surface area contributed by atoms with Gasteiger partial charge >= 0.3 is 0 Å². The van der Waals surface area contributed by atoms with E-state index >= 15 is 0 Å². The second-order valence-electron chi connectivity index (χ2n) is 5.45. The molecule has 4 nitrogen and oxygen atoms in total. The smallest absolute Gasteiger partial charge is 0.234 e. The predicted octanol–water partition coefficient (Wildman–Crippen LogP) is 0.749. The summed E-state index contributed by atoms with van der Waals surface area (Å²) in [5, 5.41) is 12.2. The zero-order chi connectivity index (χ0) is 12.1. The lowest BCUT2D eigenvalue weighted by atomic mass is 9.98. The molecular formula is C13H24N2O2. The molecule has 98 valence electrons. The fraction of sp³-hybridized carbons (Fsp3) is 0.923. The van der Waals surface area contributed by atoms with E-state index in [2.05, 4.69) is 10.2 Å². The van der Waals surface area contributed by atoms with Crippen LogP contribution < -0.4 is 5.32 Å². The molecule has 0 aromatic rings. The Hall–Kier alpha value is -0.610. The van der Waals surface area contributed by atoms with Crippen LogP contribution in [0.15, 0.2) is 0 Å². The van der Waals surface area contributed by atoms with Gasteiger partial charge in [0.2, 0.25) is 5.91 Å². The Morgan fingerprint density at radius 2 is 1.82 bits per heavy atom. The van der Waals surface area contributed by atoms with E-state index in [1.165, 1.54) is 12.8 Å². The van der Waals surface area contributed by atoms with Crippen LogP contribution in [0, 0.1) is 5.92 Å². The molecule has 0 aromatic carbocycles. The van der Waals surface area contributed by atoms with Crippen LogP contribution in [-0.2, 0) is 4.79 Å². The first kappa shape index (κ1) is 12.8. The summed E-state index contributed by atoms with van der Waals surface area (Å²) in [4.78, 5) is 14.0. The van der Waals surface area contributed by atoms with Gasteiger partial charge in [0, 0.05) is 12.6 Å². The van der Waals surface area contributed by atoms with E-state index in [9.17, 15) is 4.79 Å². The SMILES string of the molecule is O=C(CN1CCC(CO)CC1)NC1CCCC1. The normalized spacial score (nSPS) is 24.1. The van der Waals surface area contributed by atoms with Gasteiger partial charge in [-0.25, -0.2) is 0 Å². The average Bonchev–Trinajstić information content (AvgIpc) is 2.82. The molecule has 0 atom stereocenters. The maximum absolute atomic E-state index is 11.8. The van der Waals surface area contributed by atoms with E-state index in [0.717, 1.165) is 38.8 Å². The third kappa shape index (κ3) is 3.96. The van der Waals surface area contributed by atoms with Gasteiger partial charge in [0.05, 0.1) is 6.54 Å². The largest absolute Gasteiger partial charge is 0.396 e. The number of amides is 1. The summed E-state index contributed by atoms with van der Waals surface area (Å²) in [5.41, 5.74) is 0. The maximum atomic E-state index is 11.8. The summed E-state index contributed by atoms with van der Waals surface area (Å²) in [6.07, 6.45) is 6.86. The standard InChI is InChI=1S/C13H24N2O2/c16-10-11-5-7-15(8-6-11)9-13(17)14-12-3-1-2-4-12/h11-12,16H,1-10H2,(H,14,17). The first-order chi connectivity index (χ1) is 8.28. The number of nitrogens with zero attached hydrogens (tertiary/aromatic N) is 1. The molecule has 2 rings (SSSR count). The minimum absolute atomic E-state index is 0.180. The second-order valence-corrected chi connectivity index (χ2v) is 5.45. The first-order valence-electron chi connectivity index (χ1n) is 6.90. The van der Waals surface area contributed by atoms with Crippen LogP contribution in [0.4, 0.5) is 0 Å². The molecule has 0 bridgehead atoms. The second kappa shape index (κ2) is 6.36. The van der Waals surface area contributed by atoms with Crippen molar-refractivity contribution in [3.8, 4) is 0 Å². The third-order valence-corrected chi connectivity index (χ3v) is 4.05. The molecule has 4 heteroatoms. The molecule has 2 N–H and O–H groups in total. The molecule has 0 radical (unpaired) electrons. The highest BCUT2D eigenvalue weighted by Crippen LogP contribution is 2.18. The summed E-state index contributed by atoms with van der Waals surface area (Å²) in [6.45, 7) is 2.73. The van der Waals surface area contributed by atoms with Gasteiger partial charge in [-0.3, -0.25) is 9.69 Å². The monoisotopic (exact) mass is 240 g/mol. The topological polar surface area (TPSA) is 52.6 Å². The van der Waals surface area contributed by atoms with Crippen LogP contribution in [-0.4, -0.2) is 48.2 Å². The van der Waals surface area contributed by atoms with Crippen LogP contribution in [0.1, 0.15) is 38.5 Å². The number of nitrogens with one attached hydrogen (secondary N) is 1. The molecule has 2 fully saturated rings. The number of carbonyl (C=O) groups excluding carboxylic acids is 1. The fourth-order valence-corrected chi connectivity index (χ4v) is 2.87. The van der Waals surface area contributed by atoms with Crippen molar-refractivity contribution in [1.82, 2.24) is 10.2 Å². The summed E-state index contributed by atoms with van der Waals surface area (Å²) < 4.78 is 0. The molecule has 1 aliphatic carbocycles. The van der Waals surface area contributed by atoms with Crippen molar-refractivity contribution in [3.05, 3.63) is 0 Å². The van der Waals surface area contributed by atoms with Gasteiger partial charge in [-0.15, -0.1) is 0 Å². The number of hydrogen-bond acceptors (Lipinski definition) is 3. The zero-order valence-electron chi connectivity index (χ0n) is 10.5. The number of aliphatic hydroxyl groups excluding tert-OH is 1. The Bertz CT molecular complexity index is 244. The van der Waals surface area contributed by atoms with Crippen LogP contribution in [0.25, 0.3) is 0 Å². The molecule has 0 aromatic heterocycles. The molecule has 2 aliphatic rings. The quantitative estimate of drug-likeness (QED) is 0.762. The molecule has 0 unspecified atom stereocenters. The highest BCUT2D eigenvalue weighted by atomic mass is 16.3. The molecule has 17 heavy (non-hydrogen) atoms. The highest BCUT2D eigenvalue weighted by Gasteiger charge is 2.22.